The molecular formula is C17H23N5O2. The number of piperazine rings is 1. The summed E-state index contributed by atoms with van der Waals surface area (Å²) in [5, 5.41) is 4.15. The van der Waals surface area contributed by atoms with Crippen LogP contribution in [0.5, 0.6) is 0 Å². The van der Waals surface area contributed by atoms with E-state index in [0.717, 1.165) is 39.1 Å². The van der Waals surface area contributed by atoms with Crippen LogP contribution in [-0.2, 0) is 17.8 Å². The Morgan fingerprint density at radius 1 is 1.12 bits per heavy atom. The van der Waals surface area contributed by atoms with Crippen molar-refractivity contribution in [1.82, 2.24) is 24.6 Å². The van der Waals surface area contributed by atoms with Crippen LogP contribution in [0.25, 0.3) is 0 Å². The third-order valence-electron chi connectivity index (χ3n) is 4.27. The van der Waals surface area contributed by atoms with E-state index in [9.17, 15) is 4.79 Å². The lowest BCUT2D eigenvalue weighted by atomic mass is 10.1. The van der Waals surface area contributed by atoms with Gasteiger partial charge in [0.15, 0.2) is 0 Å². The molecule has 0 saturated carbocycles. The zero-order valence-corrected chi connectivity index (χ0v) is 14.0. The molecule has 0 unspecified atom stereocenters. The van der Waals surface area contributed by atoms with Crippen molar-refractivity contribution in [2.45, 2.75) is 13.1 Å². The van der Waals surface area contributed by atoms with Crippen LogP contribution in [-0.4, -0.2) is 70.4 Å². The van der Waals surface area contributed by atoms with Gasteiger partial charge in [0.2, 0.25) is 0 Å². The van der Waals surface area contributed by atoms with E-state index in [0.29, 0.717) is 6.67 Å². The molecule has 0 N–H and O–H groups in total. The van der Waals surface area contributed by atoms with Crippen molar-refractivity contribution in [2.24, 2.45) is 0 Å². The van der Waals surface area contributed by atoms with E-state index in [2.05, 4.69) is 55.0 Å². The first-order valence-electron chi connectivity index (χ1n) is 8.21. The maximum Gasteiger partial charge on any atom is 0.377 e. The van der Waals surface area contributed by atoms with Gasteiger partial charge < -0.3 is 9.64 Å². The van der Waals surface area contributed by atoms with Crippen LogP contribution in [0.3, 0.4) is 0 Å². The van der Waals surface area contributed by atoms with Gasteiger partial charge in [-0.1, -0.05) is 30.3 Å². The van der Waals surface area contributed by atoms with Crippen LogP contribution in [0.4, 0.5) is 0 Å². The third-order valence-corrected chi connectivity index (χ3v) is 4.27. The van der Waals surface area contributed by atoms with E-state index in [1.807, 2.05) is 0 Å². The summed E-state index contributed by atoms with van der Waals surface area (Å²) in [7, 11) is 1.33. The Morgan fingerprint density at radius 2 is 1.83 bits per heavy atom. The molecule has 1 fully saturated rings. The molecule has 1 aromatic heterocycles. The van der Waals surface area contributed by atoms with Gasteiger partial charge in [-0.2, -0.15) is 0 Å². The van der Waals surface area contributed by atoms with Crippen LogP contribution in [0.1, 0.15) is 16.2 Å². The average Bonchev–Trinajstić information content (AvgIpc) is 3.10. The normalized spacial score (nSPS) is 16.2. The molecular weight excluding hydrogens is 306 g/mol. The predicted molar refractivity (Wildman–Crippen MR) is 89.5 cm³/mol. The highest BCUT2D eigenvalue weighted by Gasteiger charge is 2.18. The number of carbonyl (C=O) groups excluding carboxylic acids is 1. The van der Waals surface area contributed by atoms with Gasteiger partial charge in [-0.15, -0.1) is 5.10 Å². The topological polar surface area (TPSA) is 63.5 Å². The van der Waals surface area contributed by atoms with Gasteiger partial charge >= 0.3 is 5.97 Å². The van der Waals surface area contributed by atoms with Crippen LogP contribution in [0.15, 0.2) is 36.7 Å². The molecule has 2 aromatic rings. The molecule has 24 heavy (non-hydrogen) atoms. The van der Waals surface area contributed by atoms with E-state index >= 15 is 0 Å². The van der Waals surface area contributed by atoms with Crippen molar-refractivity contribution in [3.63, 3.8) is 0 Å². The summed E-state index contributed by atoms with van der Waals surface area (Å²) in [4.78, 5) is 20.1. The second kappa shape index (κ2) is 8.03. The highest BCUT2D eigenvalue weighted by Crippen LogP contribution is 2.06. The Hall–Kier alpha value is -2.25. The second-order valence-electron chi connectivity index (χ2n) is 5.94. The highest BCUT2D eigenvalue weighted by molar-refractivity contribution is 5.84. The Morgan fingerprint density at radius 3 is 2.54 bits per heavy atom. The summed E-state index contributed by atoms with van der Waals surface area (Å²) in [5.41, 5.74) is 1.39. The lowest BCUT2D eigenvalue weighted by Gasteiger charge is -2.34. The number of rotatable bonds is 6. The molecule has 1 aliphatic rings. The van der Waals surface area contributed by atoms with Crippen molar-refractivity contribution in [3.8, 4) is 0 Å². The summed E-state index contributed by atoms with van der Waals surface area (Å²) in [5.74, 6) is -0.390. The van der Waals surface area contributed by atoms with Crippen molar-refractivity contribution in [3.05, 3.63) is 48.0 Å². The van der Waals surface area contributed by atoms with Gasteiger partial charge in [-0.05, 0) is 12.0 Å². The molecule has 7 heteroatoms. The molecule has 1 aliphatic heterocycles. The summed E-state index contributed by atoms with van der Waals surface area (Å²) in [6, 6.07) is 10.6. The van der Waals surface area contributed by atoms with Crippen LogP contribution in [0, 0.1) is 0 Å². The quantitative estimate of drug-likeness (QED) is 0.733. The minimum atomic E-state index is -0.500. The summed E-state index contributed by atoms with van der Waals surface area (Å²) in [6.07, 6.45) is 2.67. The van der Waals surface area contributed by atoms with Crippen molar-refractivity contribution < 1.29 is 9.53 Å². The molecule has 1 saturated heterocycles. The second-order valence-corrected chi connectivity index (χ2v) is 5.94. The first-order valence-corrected chi connectivity index (χ1v) is 8.21. The van der Waals surface area contributed by atoms with E-state index in [4.69, 9.17) is 0 Å². The van der Waals surface area contributed by atoms with Crippen LogP contribution >= 0.6 is 0 Å². The van der Waals surface area contributed by atoms with Crippen LogP contribution in [0.2, 0.25) is 0 Å². The van der Waals surface area contributed by atoms with Crippen molar-refractivity contribution >= 4 is 5.97 Å². The maximum absolute atomic E-state index is 11.4. The largest absolute Gasteiger partial charge is 0.463 e. The molecule has 0 aliphatic carbocycles. The summed E-state index contributed by atoms with van der Waals surface area (Å²) < 4.78 is 6.31. The Bertz CT molecular complexity index is 650. The zero-order chi connectivity index (χ0) is 16.8. The number of esters is 1. The first kappa shape index (κ1) is 16.6. The summed E-state index contributed by atoms with van der Waals surface area (Å²) in [6.45, 7) is 5.81. The number of hydrogen-bond donors (Lipinski definition) is 0. The molecule has 7 nitrogen and oxygen atoms in total. The lowest BCUT2D eigenvalue weighted by Crippen LogP contribution is -2.47. The third kappa shape index (κ3) is 4.39. The fraction of sp³-hybridized carbons (Fsp3) is 0.471. The monoisotopic (exact) mass is 329 g/mol. The van der Waals surface area contributed by atoms with E-state index < -0.39 is 5.97 Å². The molecule has 1 aromatic carbocycles. The average molecular weight is 329 g/mol. The van der Waals surface area contributed by atoms with Gasteiger partial charge in [0.1, 0.15) is 6.33 Å². The van der Waals surface area contributed by atoms with Crippen LogP contribution < -0.4 is 0 Å². The zero-order valence-electron chi connectivity index (χ0n) is 14.0. The van der Waals surface area contributed by atoms with E-state index in [1.54, 1.807) is 11.0 Å². The van der Waals surface area contributed by atoms with Crippen molar-refractivity contribution in [1.29, 1.82) is 0 Å². The van der Waals surface area contributed by atoms with Gasteiger partial charge in [-0.25, -0.2) is 14.5 Å². The number of hydrogen-bond acceptors (Lipinski definition) is 6. The Kier molecular flexibility index (Phi) is 5.55. The predicted octanol–water partition coefficient (Wildman–Crippen LogP) is 0.882. The van der Waals surface area contributed by atoms with Gasteiger partial charge in [-0.3, -0.25) is 4.90 Å². The molecule has 0 atom stereocenters. The molecule has 2 heterocycles. The van der Waals surface area contributed by atoms with E-state index in [-0.39, 0.29) is 5.82 Å². The number of nitrogens with zero attached hydrogens (tertiary/aromatic N) is 5. The Balaban J connectivity index is 1.42. The number of carbonyl (C=O) groups is 1. The van der Waals surface area contributed by atoms with Gasteiger partial charge in [0, 0.05) is 32.7 Å². The molecule has 128 valence electrons. The number of methoxy groups -OCH3 is 1. The fourth-order valence-corrected chi connectivity index (χ4v) is 2.84. The van der Waals surface area contributed by atoms with Crippen molar-refractivity contribution in [2.75, 3.05) is 39.8 Å². The molecule has 0 bridgehead atoms. The highest BCUT2D eigenvalue weighted by atomic mass is 16.5. The number of ether oxygens (including phenoxy) is 1. The van der Waals surface area contributed by atoms with Gasteiger partial charge in [0.05, 0.1) is 13.8 Å². The number of aromatic nitrogens is 3. The molecule has 0 radical (unpaired) electrons. The Labute approximate surface area is 141 Å². The van der Waals surface area contributed by atoms with Gasteiger partial charge in [0.25, 0.3) is 5.82 Å². The maximum atomic E-state index is 11.4. The minimum absolute atomic E-state index is 0.110. The minimum Gasteiger partial charge on any atom is -0.463 e. The first-order chi connectivity index (χ1) is 11.7. The number of benzene rings is 1. The van der Waals surface area contributed by atoms with E-state index in [1.165, 1.54) is 12.7 Å². The SMILES string of the molecule is COC(=O)c1ncn(CN2CCN(CCc3ccccc3)CC2)n1. The summed E-state index contributed by atoms with van der Waals surface area (Å²) >= 11 is 0. The molecule has 0 amide bonds. The lowest BCUT2D eigenvalue weighted by molar-refractivity contribution is 0.0584. The molecule has 0 spiro atoms. The molecule has 3 rings (SSSR count). The fourth-order valence-electron chi connectivity index (χ4n) is 2.84. The smallest absolute Gasteiger partial charge is 0.377 e. The standard InChI is InChI=1S/C17H23N5O2/c1-24-17(23)16-18-13-22(19-16)14-21-11-9-20(10-12-21)8-7-15-5-3-2-4-6-15/h2-6,13H,7-12,14H2,1H3.